The molecule has 0 aliphatic carbocycles. The summed E-state index contributed by atoms with van der Waals surface area (Å²) in [7, 11) is 0. The lowest BCUT2D eigenvalue weighted by Crippen LogP contribution is -2.58. The molecule has 0 saturated carbocycles. The van der Waals surface area contributed by atoms with Crippen LogP contribution in [0, 0.1) is 0 Å². The molecule has 0 unspecified atom stereocenters. The summed E-state index contributed by atoms with van der Waals surface area (Å²) in [6.45, 7) is 1.56. The highest BCUT2D eigenvalue weighted by Crippen LogP contribution is 2.19. The van der Waals surface area contributed by atoms with Crippen molar-refractivity contribution in [3.05, 3.63) is 12.2 Å². The Bertz CT molecular complexity index is 463. The van der Waals surface area contributed by atoms with E-state index in [1.54, 1.807) is 6.08 Å². The van der Waals surface area contributed by atoms with E-state index in [2.05, 4.69) is 11.7 Å². The average molecular weight is 480 g/mol. The van der Waals surface area contributed by atoms with Crippen LogP contribution >= 0.6 is 0 Å². The van der Waals surface area contributed by atoms with Crippen LogP contribution in [0.3, 0.4) is 0 Å². The van der Waals surface area contributed by atoms with E-state index in [0.717, 1.165) is 6.42 Å². The van der Waals surface area contributed by atoms with Crippen LogP contribution in [0.1, 0.15) is 84.0 Å². The van der Waals surface area contributed by atoms with Crippen molar-refractivity contribution >= 4 is 0 Å². The van der Waals surface area contributed by atoms with Gasteiger partial charge in [-0.3, -0.25) is 0 Å². The summed E-state index contributed by atoms with van der Waals surface area (Å²) in [6, 6.07) is -0.557. The fraction of sp³-hybridized carbons (Fsp3) is 0.917. The minimum atomic E-state index is -1.57. The average Bonchev–Trinajstić information content (AvgIpc) is 2.82. The number of aliphatic hydroxyl groups excluding tert-OH is 7. The topological polar surface area (TPSA) is 177 Å². The molecule has 0 aromatic heterocycles. The molecule has 9 heteroatoms. The Labute approximate surface area is 198 Å². The van der Waals surface area contributed by atoms with Crippen molar-refractivity contribution in [1.29, 1.82) is 0 Å². The molecule has 33 heavy (non-hydrogen) atoms. The van der Waals surface area contributed by atoms with E-state index in [0.29, 0.717) is 0 Å². The van der Waals surface area contributed by atoms with Crippen molar-refractivity contribution in [2.75, 3.05) is 13.2 Å². The van der Waals surface area contributed by atoms with Crippen molar-refractivity contribution in [3.8, 4) is 0 Å². The van der Waals surface area contributed by atoms with Gasteiger partial charge in [0.05, 0.1) is 25.4 Å². The molecule has 9 nitrogen and oxygen atoms in total. The number of rotatable bonds is 16. The van der Waals surface area contributed by atoms with Crippen molar-refractivity contribution in [1.82, 2.24) is 0 Å². The number of hydrogen-bond donors (Lipinski definition) is 8. The molecule has 1 heterocycles. The summed E-state index contributed by atoms with van der Waals surface area (Å²) in [6.07, 6.45) is 11.8. The molecule has 198 valence electrons. The van der Waals surface area contributed by atoms with Gasteiger partial charge in [-0.1, -0.05) is 83.3 Å². The van der Waals surface area contributed by atoms with Crippen LogP contribution in [0.25, 0.3) is 0 Å². The predicted molar refractivity (Wildman–Crippen MR) is 127 cm³/mol. The van der Waals surface area contributed by atoms with E-state index >= 15 is 0 Å². The Morgan fingerprint density at radius 2 is 1.30 bits per heavy atom. The van der Waals surface area contributed by atoms with E-state index in [9.17, 15) is 5.11 Å². The summed E-state index contributed by atoms with van der Waals surface area (Å²) in [5, 5.41) is 63.0. The second-order valence-corrected chi connectivity index (χ2v) is 8.81. The Kier molecular flexibility index (Phi) is 20.3. The lowest BCUT2D eigenvalue weighted by molar-refractivity contribution is -0.286. The predicted octanol–water partition coefficient (Wildman–Crippen LogP) is 0.703. The second-order valence-electron chi connectivity index (χ2n) is 8.81. The van der Waals surface area contributed by atoms with Gasteiger partial charge in [-0.15, -0.1) is 0 Å². The van der Waals surface area contributed by atoms with Crippen LogP contribution in [0.5, 0.6) is 0 Å². The van der Waals surface area contributed by atoms with Gasteiger partial charge < -0.3 is 46.2 Å². The zero-order valence-electron chi connectivity index (χ0n) is 20.2. The molecule has 0 radical (unpaired) electrons. The molecule has 0 aromatic rings. The molecule has 9 N–H and O–H groups in total. The first-order chi connectivity index (χ1) is 15.8. The van der Waals surface area contributed by atoms with Crippen molar-refractivity contribution < 1.29 is 40.5 Å². The van der Waals surface area contributed by atoms with Gasteiger partial charge in [0, 0.05) is 0 Å². The van der Waals surface area contributed by atoms with Crippen LogP contribution in [-0.2, 0) is 4.74 Å². The molecule has 0 amide bonds. The van der Waals surface area contributed by atoms with Gasteiger partial charge >= 0.3 is 0 Å². The van der Waals surface area contributed by atoms with Crippen molar-refractivity contribution in [2.45, 2.75) is 127 Å². The number of ether oxygens (including phenoxy) is 1. The first-order valence-corrected chi connectivity index (χ1v) is 12.5. The smallest absolute Gasteiger partial charge is 0.184 e. The molecule has 1 aliphatic rings. The minimum Gasteiger partial charge on any atom is -0.395 e. The monoisotopic (exact) mass is 479 g/mol. The summed E-state index contributed by atoms with van der Waals surface area (Å²) >= 11 is 0. The molecule has 0 bridgehead atoms. The maximum atomic E-state index is 9.52. The largest absolute Gasteiger partial charge is 0.395 e. The van der Waals surface area contributed by atoms with Crippen LogP contribution in [0.15, 0.2) is 12.2 Å². The molecule has 1 aliphatic heterocycles. The molecular formula is C24H49NO8. The Hall–Kier alpha value is -0.620. The number of unbranched alkanes of at least 4 members (excludes halogenated alkanes) is 11. The summed E-state index contributed by atoms with van der Waals surface area (Å²) in [4.78, 5) is 0. The van der Waals surface area contributed by atoms with Crippen LogP contribution in [-0.4, -0.2) is 91.8 Å². The SMILES string of the molecule is CCCCCCCCCCCCC/C=C/[C@@H](O)[C@@H](N)CO.OC[C@H]1O[C@H](O)[C@H](O)[C@@H](O)[C@H]1O. The zero-order chi connectivity index (χ0) is 25.1. The van der Waals surface area contributed by atoms with E-state index in [1.165, 1.54) is 70.6 Å². The van der Waals surface area contributed by atoms with Crippen LogP contribution in [0.2, 0.25) is 0 Å². The first kappa shape index (κ1) is 32.4. The summed E-state index contributed by atoms with van der Waals surface area (Å²) < 4.78 is 4.58. The molecule has 7 atom stereocenters. The van der Waals surface area contributed by atoms with Gasteiger partial charge in [0.1, 0.15) is 24.4 Å². The molecule has 1 fully saturated rings. The standard InChI is InChI=1S/C18H37NO2.C6H12O6/c1-2-3-4-5-6-7-8-9-10-11-12-13-14-15-18(21)17(19)16-20;7-1-2-3(8)4(9)5(10)6(11)12-2/h14-15,17-18,20-21H,2-13,16,19H2,1H3;2-11H,1H2/b15-14+;/t17-,18+;2-,3+,4+,5-,6+/m01/s1. The molecule has 0 aromatic carbocycles. The normalized spacial score (nSPS) is 27.2. The Morgan fingerprint density at radius 1 is 0.788 bits per heavy atom. The second kappa shape index (κ2) is 20.7. The maximum absolute atomic E-state index is 9.52. The highest BCUT2D eigenvalue weighted by atomic mass is 16.6. The third-order valence-electron chi connectivity index (χ3n) is 5.82. The fourth-order valence-corrected chi connectivity index (χ4v) is 3.49. The minimum absolute atomic E-state index is 0.177. The molecular weight excluding hydrogens is 430 g/mol. The number of allylic oxidation sites excluding steroid dienone is 1. The van der Waals surface area contributed by atoms with Crippen LogP contribution < -0.4 is 5.73 Å². The lowest BCUT2D eigenvalue weighted by Gasteiger charge is -2.37. The van der Waals surface area contributed by atoms with E-state index in [1.807, 2.05) is 6.08 Å². The number of aliphatic hydroxyl groups is 7. The van der Waals surface area contributed by atoms with E-state index in [-0.39, 0.29) is 6.61 Å². The van der Waals surface area contributed by atoms with Gasteiger partial charge in [-0.25, -0.2) is 0 Å². The summed E-state index contributed by atoms with van der Waals surface area (Å²) in [5.74, 6) is 0. The van der Waals surface area contributed by atoms with Gasteiger partial charge in [-0.2, -0.15) is 0 Å². The Morgan fingerprint density at radius 3 is 1.79 bits per heavy atom. The molecule has 0 spiro atoms. The third kappa shape index (κ3) is 15.1. The van der Waals surface area contributed by atoms with Gasteiger partial charge in [-0.05, 0) is 12.8 Å². The Balaban J connectivity index is 0.000000716. The molecule has 1 saturated heterocycles. The number of hydrogen-bond acceptors (Lipinski definition) is 9. The quantitative estimate of drug-likeness (QED) is 0.117. The van der Waals surface area contributed by atoms with E-state index < -0.39 is 49.5 Å². The zero-order valence-corrected chi connectivity index (χ0v) is 20.2. The molecule has 1 rings (SSSR count). The van der Waals surface area contributed by atoms with Gasteiger partial charge in [0.25, 0.3) is 0 Å². The first-order valence-electron chi connectivity index (χ1n) is 12.5. The van der Waals surface area contributed by atoms with Crippen LogP contribution in [0.4, 0.5) is 0 Å². The number of nitrogens with two attached hydrogens (primary N) is 1. The highest BCUT2D eigenvalue weighted by Gasteiger charge is 2.42. The van der Waals surface area contributed by atoms with E-state index in [4.69, 9.17) is 36.4 Å². The van der Waals surface area contributed by atoms with Crippen molar-refractivity contribution in [3.63, 3.8) is 0 Å². The lowest BCUT2D eigenvalue weighted by atomic mass is 10.00. The van der Waals surface area contributed by atoms with Gasteiger partial charge in [0.2, 0.25) is 0 Å². The maximum Gasteiger partial charge on any atom is 0.184 e. The summed E-state index contributed by atoms with van der Waals surface area (Å²) in [5.41, 5.74) is 5.51. The van der Waals surface area contributed by atoms with Gasteiger partial charge in [0.15, 0.2) is 6.29 Å². The highest BCUT2D eigenvalue weighted by molar-refractivity contribution is 4.93. The fourth-order valence-electron chi connectivity index (χ4n) is 3.49. The van der Waals surface area contributed by atoms with Crippen molar-refractivity contribution in [2.24, 2.45) is 5.73 Å². The third-order valence-corrected chi connectivity index (χ3v) is 5.82.